The van der Waals surface area contributed by atoms with Gasteiger partial charge in [0.25, 0.3) is 0 Å². The van der Waals surface area contributed by atoms with Gasteiger partial charge in [-0.25, -0.2) is 0 Å². The number of benzene rings is 1. The van der Waals surface area contributed by atoms with Crippen molar-refractivity contribution in [2.45, 2.75) is 50.7 Å². The summed E-state index contributed by atoms with van der Waals surface area (Å²) in [5, 5.41) is 12.6. The van der Waals surface area contributed by atoms with Gasteiger partial charge in [-0.2, -0.15) is 0 Å². The zero-order valence-electron chi connectivity index (χ0n) is 12.2. The number of fused-ring (bicyclic) bond motifs is 1. The quantitative estimate of drug-likeness (QED) is 0.885. The molecule has 3 heteroatoms. The molecule has 1 aromatic rings. The highest BCUT2D eigenvalue weighted by atomic mass is 16.2. The molecule has 0 spiro atoms. The van der Waals surface area contributed by atoms with Gasteiger partial charge in [-0.15, -0.1) is 0 Å². The van der Waals surface area contributed by atoms with Gasteiger partial charge in [0, 0.05) is 25.2 Å². The van der Waals surface area contributed by atoms with Gasteiger partial charge in [0.05, 0.1) is 0 Å². The van der Waals surface area contributed by atoms with Crippen LogP contribution >= 0.6 is 0 Å². The molecular formula is C17H26N2O. The number of aliphatic hydroxyl groups is 1. The van der Waals surface area contributed by atoms with Gasteiger partial charge >= 0.3 is 0 Å². The first-order valence-electron chi connectivity index (χ1n) is 8.05. The molecule has 0 saturated carbocycles. The van der Waals surface area contributed by atoms with Crippen molar-refractivity contribution in [3.05, 3.63) is 35.4 Å². The van der Waals surface area contributed by atoms with E-state index in [2.05, 4.69) is 34.5 Å². The molecule has 2 aliphatic rings. The maximum atomic E-state index is 9.10. The molecule has 0 bridgehead atoms. The van der Waals surface area contributed by atoms with Crippen LogP contribution in [0.4, 0.5) is 0 Å². The summed E-state index contributed by atoms with van der Waals surface area (Å²) in [6.45, 7) is 3.65. The molecule has 1 saturated heterocycles. The second-order valence-electron chi connectivity index (χ2n) is 6.08. The second kappa shape index (κ2) is 6.70. The zero-order chi connectivity index (χ0) is 13.8. The van der Waals surface area contributed by atoms with Gasteiger partial charge in [-0.3, -0.25) is 4.90 Å². The maximum Gasteiger partial charge on any atom is 0.0431 e. The molecule has 2 heterocycles. The summed E-state index contributed by atoms with van der Waals surface area (Å²) >= 11 is 0. The van der Waals surface area contributed by atoms with Crippen molar-refractivity contribution >= 4 is 0 Å². The predicted octanol–water partition coefficient (Wildman–Crippen LogP) is 2.46. The molecule has 3 rings (SSSR count). The van der Waals surface area contributed by atoms with Crippen molar-refractivity contribution in [1.29, 1.82) is 0 Å². The SMILES string of the molecule is OCCCC1CCCN1C1CCNCc2ccccc21. The van der Waals surface area contributed by atoms with Crippen molar-refractivity contribution in [1.82, 2.24) is 10.2 Å². The molecule has 1 fully saturated rings. The minimum atomic E-state index is 0.327. The third-order valence-electron chi connectivity index (χ3n) is 4.84. The van der Waals surface area contributed by atoms with Gasteiger partial charge in [0.2, 0.25) is 0 Å². The van der Waals surface area contributed by atoms with E-state index in [1.807, 2.05) is 0 Å². The fourth-order valence-electron chi connectivity index (χ4n) is 3.89. The summed E-state index contributed by atoms with van der Waals surface area (Å²) < 4.78 is 0. The summed E-state index contributed by atoms with van der Waals surface area (Å²) in [5.41, 5.74) is 2.98. The lowest BCUT2D eigenvalue weighted by Gasteiger charge is -2.33. The number of rotatable bonds is 4. The smallest absolute Gasteiger partial charge is 0.0431 e. The first-order valence-corrected chi connectivity index (χ1v) is 8.05. The topological polar surface area (TPSA) is 35.5 Å². The molecule has 0 amide bonds. The number of aliphatic hydroxyl groups excluding tert-OH is 1. The Hall–Kier alpha value is -0.900. The van der Waals surface area contributed by atoms with Crippen molar-refractivity contribution in [2.75, 3.05) is 19.7 Å². The van der Waals surface area contributed by atoms with Gasteiger partial charge in [0.1, 0.15) is 0 Å². The molecule has 0 aliphatic carbocycles. The average Bonchev–Trinajstić information content (AvgIpc) is 2.84. The normalized spacial score (nSPS) is 27.2. The Morgan fingerprint density at radius 3 is 3.05 bits per heavy atom. The summed E-state index contributed by atoms with van der Waals surface area (Å²) in [7, 11) is 0. The second-order valence-corrected chi connectivity index (χ2v) is 6.08. The molecule has 1 aromatic carbocycles. The summed E-state index contributed by atoms with van der Waals surface area (Å²) in [6.07, 6.45) is 5.89. The van der Waals surface area contributed by atoms with E-state index in [0.29, 0.717) is 18.7 Å². The number of likely N-dealkylation sites (tertiary alicyclic amines) is 1. The van der Waals surface area contributed by atoms with Crippen LogP contribution in [0.25, 0.3) is 0 Å². The molecule has 2 unspecified atom stereocenters. The van der Waals surface area contributed by atoms with E-state index in [-0.39, 0.29) is 0 Å². The molecule has 0 radical (unpaired) electrons. The molecule has 2 N–H and O–H groups in total. The third-order valence-corrected chi connectivity index (χ3v) is 4.84. The lowest BCUT2D eigenvalue weighted by molar-refractivity contribution is 0.155. The maximum absolute atomic E-state index is 9.10. The number of nitrogens with zero attached hydrogens (tertiary/aromatic N) is 1. The Morgan fingerprint density at radius 2 is 2.15 bits per heavy atom. The monoisotopic (exact) mass is 274 g/mol. The first kappa shape index (κ1) is 14.1. The highest BCUT2D eigenvalue weighted by Crippen LogP contribution is 2.35. The highest BCUT2D eigenvalue weighted by molar-refractivity contribution is 5.31. The van der Waals surface area contributed by atoms with E-state index in [0.717, 1.165) is 25.9 Å². The third kappa shape index (κ3) is 2.90. The molecule has 20 heavy (non-hydrogen) atoms. The highest BCUT2D eigenvalue weighted by Gasteiger charge is 2.32. The van der Waals surface area contributed by atoms with E-state index >= 15 is 0 Å². The molecule has 110 valence electrons. The van der Waals surface area contributed by atoms with Crippen LogP contribution in [0.2, 0.25) is 0 Å². The van der Waals surface area contributed by atoms with Crippen LogP contribution < -0.4 is 5.32 Å². The predicted molar refractivity (Wildman–Crippen MR) is 81.6 cm³/mol. The minimum absolute atomic E-state index is 0.327. The van der Waals surface area contributed by atoms with Gasteiger partial charge in [0.15, 0.2) is 0 Å². The zero-order valence-corrected chi connectivity index (χ0v) is 12.2. The standard InChI is InChI=1S/C17H26N2O/c20-12-4-7-15-6-3-11-19(15)17-9-10-18-13-14-5-1-2-8-16(14)17/h1-2,5,8,15,17-18,20H,3-4,6-7,9-13H2. The van der Waals surface area contributed by atoms with Crippen molar-refractivity contribution < 1.29 is 5.11 Å². The van der Waals surface area contributed by atoms with Crippen LogP contribution in [0.5, 0.6) is 0 Å². The summed E-state index contributed by atoms with van der Waals surface area (Å²) in [5.74, 6) is 0. The minimum Gasteiger partial charge on any atom is -0.396 e. The lowest BCUT2D eigenvalue weighted by Crippen LogP contribution is -2.34. The fraction of sp³-hybridized carbons (Fsp3) is 0.647. The number of hydrogen-bond acceptors (Lipinski definition) is 3. The Kier molecular flexibility index (Phi) is 4.71. The molecule has 3 nitrogen and oxygen atoms in total. The molecule has 0 aromatic heterocycles. The summed E-state index contributed by atoms with van der Waals surface area (Å²) in [6, 6.07) is 10.1. The molecular weight excluding hydrogens is 248 g/mol. The Balaban J connectivity index is 1.81. The number of nitrogens with one attached hydrogen (secondary N) is 1. The van der Waals surface area contributed by atoms with Crippen LogP contribution in [0.15, 0.2) is 24.3 Å². The van der Waals surface area contributed by atoms with E-state index in [4.69, 9.17) is 5.11 Å². The molecule has 2 aliphatic heterocycles. The van der Waals surface area contributed by atoms with E-state index in [1.165, 1.54) is 36.9 Å². The lowest BCUT2D eigenvalue weighted by atomic mass is 9.96. The molecule has 2 atom stereocenters. The van der Waals surface area contributed by atoms with Crippen molar-refractivity contribution in [2.24, 2.45) is 0 Å². The Morgan fingerprint density at radius 1 is 1.25 bits per heavy atom. The van der Waals surface area contributed by atoms with Gasteiger partial charge in [-0.05, 0) is 56.3 Å². The van der Waals surface area contributed by atoms with Crippen LogP contribution in [0.1, 0.15) is 49.3 Å². The first-order chi connectivity index (χ1) is 9.90. The van der Waals surface area contributed by atoms with Crippen molar-refractivity contribution in [3.63, 3.8) is 0 Å². The van der Waals surface area contributed by atoms with Crippen LogP contribution in [0.3, 0.4) is 0 Å². The van der Waals surface area contributed by atoms with Crippen LogP contribution in [-0.4, -0.2) is 35.7 Å². The fourth-order valence-corrected chi connectivity index (χ4v) is 3.89. The Bertz CT molecular complexity index is 435. The van der Waals surface area contributed by atoms with E-state index in [9.17, 15) is 0 Å². The van der Waals surface area contributed by atoms with Crippen molar-refractivity contribution in [3.8, 4) is 0 Å². The largest absolute Gasteiger partial charge is 0.396 e. The van der Waals surface area contributed by atoms with E-state index < -0.39 is 0 Å². The van der Waals surface area contributed by atoms with Gasteiger partial charge in [-0.1, -0.05) is 24.3 Å². The van der Waals surface area contributed by atoms with Crippen LogP contribution in [0, 0.1) is 0 Å². The van der Waals surface area contributed by atoms with Gasteiger partial charge < -0.3 is 10.4 Å². The van der Waals surface area contributed by atoms with E-state index in [1.54, 1.807) is 0 Å². The Labute approximate surface area is 122 Å². The average molecular weight is 274 g/mol. The summed E-state index contributed by atoms with van der Waals surface area (Å²) in [4.78, 5) is 2.71. The van der Waals surface area contributed by atoms with Crippen LogP contribution in [-0.2, 0) is 6.54 Å². The number of hydrogen-bond donors (Lipinski definition) is 2.